The van der Waals surface area contributed by atoms with Gasteiger partial charge in [-0.25, -0.2) is 0 Å². The quantitative estimate of drug-likeness (QED) is 0.798. The van der Waals surface area contributed by atoms with Crippen molar-refractivity contribution in [1.82, 2.24) is 15.5 Å². The highest BCUT2D eigenvalue weighted by molar-refractivity contribution is 5.83. The van der Waals surface area contributed by atoms with Crippen LogP contribution in [0.2, 0.25) is 0 Å². The molecule has 1 atom stereocenters. The van der Waals surface area contributed by atoms with E-state index in [1.54, 1.807) is 7.11 Å². The molecule has 1 amide bonds. The maximum atomic E-state index is 12.8. The van der Waals surface area contributed by atoms with Crippen molar-refractivity contribution in [2.75, 3.05) is 47.4 Å². The van der Waals surface area contributed by atoms with E-state index in [4.69, 9.17) is 4.74 Å². The number of hydrogen-bond acceptors (Lipinski definition) is 4. The fourth-order valence-corrected chi connectivity index (χ4v) is 3.33. The van der Waals surface area contributed by atoms with Crippen LogP contribution in [0.1, 0.15) is 24.4 Å². The zero-order valence-corrected chi connectivity index (χ0v) is 14.5. The SMILES string of the molecule is COCC1(CNC(=O)C(c2ccccc2)N(C)C)CCNCC1. The van der Waals surface area contributed by atoms with Crippen LogP contribution in [0.25, 0.3) is 0 Å². The van der Waals surface area contributed by atoms with Crippen LogP contribution in [-0.2, 0) is 9.53 Å². The number of carbonyl (C=O) groups excluding carboxylic acids is 1. The Balaban J connectivity index is 2.03. The van der Waals surface area contributed by atoms with E-state index >= 15 is 0 Å². The van der Waals surface area contributed by atoms with E-state index in [1.807, 2.05) is 49.3 Å². The van der Waals surface area contributed by atoms with Crippen molar-refractivity contribution >= 4 is 5.91 Å². The lowest BCUT2D eigenvalue weighted by Gasteiger charge is -2.37. The van der Waals surface area contributed by atoms with E-state index in [1.165, 1.54) is 0 Å². The van der Waals surface area contributed by atoms with Crippen LogP contribution < -0.4 is 10.6 Å². The third-order valence-electron chi connectivity index (χ3n) is 4.63. The summed E-state index contributed by atoms with van der Waals surface area (Å²) in [7, 11) is 5.61. The van der Waals surface area contributed by atoms with Crippen LogP contribution in [0.3, 0.4) is 0 Å². The average Bonchev–Trinajstić information content (AvgIpc) is 2.55. The van der Waals surface area contributed by atoms with Gasteiger partial charge in [0.1, 0.15) is 6.04 Å². The Hall–Kier alpha value is -1.43. The van der Waals surface area contributed by atoms with Gasteiger partial charge in [-0.05, 0) is 45.6 Å². The molecule has 0 aromatic heterocycles. The highest BCUT2D eigenvalue weighted by atomic mass is 16.5. The first kappa shape index (κ1) is 17.9. The molecule has 0 spiro atoms. The monoisotopic (exact) mass is 319 g/mol. The normalized spacial score (nSPS) is 18.6. The molecule has 0 aliphatic carbocycles. The molecule has 1 fully saturated rings. The number of ether oxygens (including phenoxy) is 1. The molecule has 128 valence electrons. The molecule has 0 radical (unpaired) electrons. The maximum Gasteiger partial charge on any atom is 0.241 e. The molecule has 1 aromatic carbocycles. The van der Waals surface area contributed by atoms with E-state index in [0.29, 0.717) is 13.2 Å². The zero-order valence-electron chi connectivity index (χ0n) is 14.5. The molecule has 1 aliphatic rings. The molecule has 2 N–H and O–H groups in total. The minimum Gasteiger partial charge on any atom is -0.384 e. The smallest absolute Gasteiger partial charge is 0.241 e. The van der Waals surface area contributed by atoms with Crippen molar-refractivity contribution in [3.05, 3.63) is 35.9 Å². The largest absolute Gasteiger partial charge is 0.384 e. The van der Waals surface area contributed by atoms with E-state index in [9.17, 15) is 4.79 Å². The molecule has 0 bridgehead atoms. The third kappa shape index (κ3) is 4.77. The van der Waals surface area contributed by atoms with Crippen molar-refractivity contribution in [3.8, 4) is 0 Å². The van der Waals surface area contributed by atoms with Gasteiger partial charge in [0.15, 0.2) is 0 Å². The topological polar surface area (TPSA) is 53.6 Å². The highest BCUT2D eigenvalue weighted by Gasteiger charge is 2.33. The van der Waals surface area contributed by atoms with Gasteiger partial charge in [0, 0.05) is 19.1 Å². The van der Waals surface area contributed by atoms with Crippen molar-refractivity contribution in [2.24, 2.45) is 5.41 Å². The van der Waals surface area contributed by atoms with Crippen molar-refractivity contribution in [2.45, 2.75) is 18.9 Å². The fourth-order valence-electron chi connectivity index (χ4n) is 3.33. The fraction of sp³-hybridized carbons (Fsp3) is 0.611. The van der Waals surface area contributed by atoms with Crippen LogP contribution in [0.15, 0.2) is 30.3 Å². The summed E-state index contributed by atoms with van der Waals surface area (Å²) >= 11 is 0. The summed E-state index contributed by atoms with van der Waals surface area (Å²) in [6.07, 6.45) is 2.05. The standard InChI is InChI=1S/C18H29N3O2/c1-21(2)16(15-7-5-4-6-8-15)17(22)20-13-18(14-23-3)9-11-19-12-10-18/h4-8,16,19H,9-14H2,1-3H3,(H,20,22). The van der Waals surface area contributed by atoms with Gasteiger partial charge in [0.05, 0.1) is 6.61 Å². The maximum absolute atomic E-state index is 12.8. The van der Waals surface area contributed by atoms with Crippen molar-refractivity contribution < 1.29 is 9.53 Å². The molecule has 2 rings (SSSR count). The molecule has 5 heteroatoms. The van der Waals surface area contributed by atoms with Crippen molar-refractivity contribution in [3.63, 3.8) is 0 Å². The summed E-state index contributed by atoms with van der Waals surface area (Å²) in [5, 5.41) is 6.55. The number of piperidine rings is 1. The number of likely N-dealkylation sites (N-methyl/N-ethyl adjacent to an activating group) is 1. The summed E-state index contributed by atoms with van der Waals surface area (Å²) in [4.78, 5) is 14.7. The Kier molecular flexibility index (Phi) is 6.57. The number of hydrogen-bond donors (Lipinski definition) is 2. The molecular formula is C18H29N3O2. The van der Waals surface area contributed by atoms with Gasteiger partial charge in [-0.3, -0.25) is 9.69 Å². The van der Waals surface area contributed by atoms with Gasteiger partial charge in [0.2, 0.25) is 5.91 Å². The van der Waals surface area contributed by atoms with Crippen LogP contribution in [0, 0.1) is 5.41 Å². The second-order valence-electron chi connectivity index (χ2n) is 6.68. The summed E-state index contributed by atoms with van der Waals surface area (Å²) < 4.78 is 5.42. The number of nitrogens with zero attached hydrogens (tertiary/aromatic N) is 1. The van der Waals surface area contributed by atoms with Crippen LogP contribution in [-0.4, -0.2) is 58.3 Å². The first-order valence-corrected chi connectivity index (χ1v) is 8.27. The summed E-state index contributed by atoms with van der Waals surface area (Å²) in [6.45, 7) is 3.31. The highest BCUT2D eigenvalue weighted by Crippen LogP contribution is 2.28. The number of nitrogens with one attached hydrogen (secondary N) is 2. The van der Waals surface area contributed by atoms with Gasteiger partial charge in [-0.2, -0.15) is 0 Å². The predicted octanol–water partition coefficient (Wildman–Crippen LogP) is 1.42. The Morgan fingerprint density at radius 1 is 1.30 bits per heavy atom. The van der Waals surface area contributed by atoms with Crippen LogP contribution in [0.4, 0.5) is 0 Å². The third-order valence-corrected chi connectivity index (χ3v) is 4.63. The zero-order chi connectivity index (χ0) is 16.7. The van der Waals surface area contributed by atoms with E-state index in [0.717, 1.165) is 31.5 Å². The lowest BCUT2D eigenvalue weighted by molar-refractivity contribution is -0.126. The predicted molar refractivity (Wildman–Crippen MR) is 92.3 cm³/mol. The Morgan fingerprint density at radius 3 is 2.52 bits per heavy atom. The Bertz CT molecular complexity index is 479. The van der Waals surface area contributed by atoms with E-state index in [-0.39, 0.29) is 17.4 Å². The number of rotatable bonds is 7. The second-order valence-corrected chi connectivity index (χ2v) is 6.68. The van der Waals surface area contributed by atoms with Gasteiger partial charge in [-0.1, -0.05) is 30.3 Å². The van der Waals surface area contributed by atoms with Gasteiger partial charge >= 0.3 is 0 Å². The molecular weight excluding hydrogens is 290 g/mol. The number of benzene rings is 1. The van der Waals surface area contributed by atoms with Crippen molar-refractivity contribution in [1.29, 1.82) is 0 Å². The van der Waals surface area contributed by atoms with Gasteiger partial charge < -0.3 is 15.4 Å². The minimum absolute atomic E-state index is 0.0449. The number of carbonyl (C=O) groups is 1. The van der Waals surface area contributed by atoms with Crippen LogP contribution >= 0.6 is 0 Å². The molecule has 5 nitrogen and oxygen atoms in total. The van der Waals surface area contributed by atoms with E-state index < -0.39 is 0 Å². The molecule has 1 aliphatic heterocycles. The first-order valence-electron chi connectivity index (χ1n) is 8.27. The minimum atomic E-state index is -0.266. The number of methoxy groups -OCH3 is 1. The first-order chi connectivity index (χ1) is 11.1. The lowest BCUT2D eigenvalue weighted by atomic mass is 9.79. The molecule has 0 saturated carbocycles. The van der Waals surface area contributed by atoms with Gasteiger partial charge in [-0.15, -0.1) is 0 Å². The summed E-state index contributed by atoms with van der Waals surface area (Å²) in [5.41, 5.74) is 1.06. The van der Waals surface area contributed by atoms with E-state index in [2.05, 4.69) is 10.6 Å². The molecule has 1 heterocycles. The Labute approximate surface area is 139 Å². The molecule has 1 unspecified atom stereocenters. The lowest BCUT2D eigenvalue weighted by Crippen LogP contribution is -2.49. The Morgan fingerprint density at radius 2 is 1.96 bits per heavy atom. The van der Waals surface area contributed by atoms with Crippen LogP contribution in [0.5, 0.6) is 0 Å². The van der Waals surface area contributed by atoms with Gasteiger partial charge in [0.25, 0.3) is 0 Å². The summed E-state index contributed by atoms with van der Waals surface area (Å²) in [5.74, 6) is 0.0511. The molecule has 23 heavy (non-hydrogen) atoms. The second kappa shape index (κ2) is 8.43. The number of amides is 1. The molecule has 1 aromatic rings. The molecule has 1 saturated heterocycles. The average molecular weight is 319 g/mol. The summed E-state index contributed by atoms with van der Waals surface area (Å²) in [6, 6.07) is 9.64.